The van der Waals surface area contributed by atoms with Crippen LogP contribution >= 0.6 is 54.0 Å². The molecule has 28 heteroatoms. The molecule has 406 valence electrons. The molecule has 0 bridgehead atoms. The van der Waals surface area contributed by atoms with E-state index < -0.39 is 77.7 Å². The van der Waals surface area contributed by atoms with E-state index in [1.807, 2.05) is 63.2 Å². The molecule has 1 atom stereocenters. The molecule has 1 aliphatic rings. The number of nitro groups is 1. The number of benzene rings is 4. The second-order valence-electron chi connectivity index (χ2n) is 14.9. The predicted molar refractivity (Wildman–Crippen MR) is 269 cm³/mol. The molecule has 0 spiro atoms. The van der Waals surface area contributed by atoms with Gasteiger partial charge in [-0.3, -0.25) is 39.3 Å². The maximum atomic E-state index is 12.7. The van der Waals surface area contributed by atoms with E-state index in [0.29, 0.717) is 25.0 Å². The molecule has 0 aromatic heterocycles. The number of carboxylic acids is 1. The first kappa shape index (κ1) is 64.4. The van der Waals surface area contributed by atoms with Crippen LogP contribution < -0.4 is 24.6 Å². The number of carbonyl (C=O) groups is 5. The lowest BCUT2D eigenvalue weighted by atomic mass is 10.0. The van der Waals surface area contributed by atoms with Crippen LogP contribution in [0.25, 0.3) is 0 Å². The van der Waals surface area contributed by atoms with Crippen LogP contribution in [-0.2, 0) is 50.6 Å². The topological polar surface area (TPSA) is 271 Å². The zero-order valence-electron chi connectivity index (χ0n) is 40.1. The van der Waals surface area contributed by atoms with Crippen LogP contribution in [0.2, 0.25) is 5.02 Å². The first-order chi connectivity index (χ1) is 34.7. The van der Waals surface area contributed by atoms with E-state index in [1.165, 1.54) is 6.92 Å². The zero-order chi connectivity index (χ0) is 55.9. The normalized spacial score (nSPS) is 12.7. The summed E-state index contributed by atoms with van der Waals surface area (Å²) in [4.78, 5) is 85.9. The lowest BCUT2D eigenvalue weighted by Crippen LogP contribution is -2.47. The molecule has 1 heterocycles. The Bertz CT molecular complexity index is 2610. The molecule has 2 amide bonds. The maximum absolute atomic E-state index is 12.7. The summed E-state index contributed by atoms with van der Waals surface area (Å²) in [6.45, 7) is 9.52. The van der Waals surface area contributed by atoms with E-state index in [0.717, 1.165) is 59.3 Å². The molecule has 1 aliphatic heterocycles. The Morgan fingerprint density at radius 2 is 1.66 bits per heavy atom. The van der Waals surface area contributed by atoms with Gasteiger partial charge in [0.1, 0.15) is 42.0 Å². The number of carbonyl (C=O) groups excluding carboxylic acids is 4. The molecule has 0 saturated heterocycles. The lowest BCUT2D eigenvalue weighted by molar-refractivity contribution is -0.385. The highest BCUT2D eigenvalue weighted by Gasteiger charge is 2.33. The Labute approximate surface area is 442 Å². The third kappa shape index (κ3) is 21.2. The van der Waals surface area contributed by atoms with Gasteiger partial charge in [-0.2, -0.15) is 13.2 Å². The molecular weight excluding hydrogens is 1090 g/mol. The summed E-state index contributed by atoms with van der Waals surface area (Å²) >= 11 is 22.7. The van der Waals surface area contributed by atoms with Gasteiger partial charge in [0.25, 0.3) is 11.6 Å². The van der Waals surface area contributed by atoms with Crippen molar-refractivity contribution in [3.63, 3.8) is 0 Å². The Kier molecular flexibility index (Phi) is 27.1. The molecule has 74 heavy (non-hydrogen) atoms. The van der Waals surface area contributed by atoms with E-state index in [1.54, 1.807) is 9.80 Å². The number of nitro benzene ring substituents is 1. The number of amides is 2. The van der Waals surface area contributed by atoms with Crippen molar-refractivity contribution in [3.8, 4) is 17.2 Å². The summed E-state index contributed by atoms with van der Waals surface area (Å²) < 4.78 is 73.7. The molecule has 4 aromatic rings. The maximum Gasteiger partial charge on any atom is 0.416 e. The summed E-state index contributed by atoms with van der Waals surface area (Å²) in [6.07, 6.45) is -4.33. The third-order valence-electron chi connectivity index (χ3n) is 9.37. The molecule has 0 fully saturated rings. The Morgan fingerprint density at radius 1 is 0.986 bits per heavy atom. The summed E-state index contributed by atoms with van der Waals surface area (Å²) in [7, 11) is -4.10. The second kappa shape index (κ2) is 31.2. The average molecular weight is 1150 g/mol. The number of nitrogens with zero attached hydrogens (tertiary/aromatic N) is 3. The first-order valence-corrected chi connectivity index (χ1v) is 25.3. The second-order valence-corrected chi connectivity index (χ2v) is 18.3. The van der Waals surface area contributed by atoms with Gasteiger partial charge in [-0.1, -0.05) is 72.1 Å². The van der Waals surface area contributed by atoms with Gasteiger partial charge in [0.15, 0.2) is 11.4 Å². The van der Waals surface area contributed by atoms with E-state index >= 15 is 0 Å². The summed E-state index contributed by atoms with van der Waals surface area (Å²) in [6, 6.07) is 18.7. The van der Waals surface area contributed by atoms with Gasteiger partial charge >= 0.3 is 31.7 Å². The van der Waals surface area contributed by atoms with Gasteiger partial charge < -0.3 is 43.5 Å². The molecule has 20 nitrogen and oxygen atoms in total. The summed E-state index contributed by atoms with van der Waals surface area (Å²) in [5.74, 6) is -3.30. The number of nitrogens with one attached hydrogen (secondary N) is 1. The van der Waals surface area contributed by atoms with Crippen molar-refractivity contribution in [2.24, 2.45) is 0 Å². The van der Waals surface area contributed by atoms with Gasteiger partial charge in [0, 0.05) is 18.7 Å². The van der Waals surface area contributed by atoms with Crippen molar-refractivity contribution >= 4 is 101 Å². The lowest BCUT2D eigenvalue weighted by Gasteiger charge is -2.35. The molecule has 0 aliphatic carbocycles. The number of alkyl halides is 6. The van der Waals surface area contributed by atoms with Crippen molar-refractivity contribution in [1.29, 1.82) is 0 Å². The number of halogens is 7. The van der Waals surface area contributed by atoms with E-state index in [9.17, 15) is 51.8 Å². The number of ether oxygens (including phenoxy) is 5. The Hall–Kier alpha value is -5.75. The highest BCUT2D eigenvalue weighted by molar-refractivity contribution is 7.51. The van der Waals surface area contributed by atoms with Crippen LogP contribution in [0.4, 0.5) is 30.2 Å². The van der Waals surface area contributed by atoms with Gasteiger partial charge in [-0.25, -0.2) is 9.59 Å². The molecule has 1 unspecified atom stereocenters. The van der Waals surface area contributed by atoms with Crippen LogP contribution in [0.1, 0.15) is 54.7 Å². The number of rotatable bonds is 18. The molecule has 4 aromatic carbocycles. The highest BCUT2D eigenvalue weighted by atomic mass is 35.5. The number of fused-ring (bicyclic) bond motifs is 1. The highest BCUT2D eigenvalue weighted by Crippen LogP contribution is 2.38. The molecule has 0 radical (unpaired) electrons. The number of esters is 2. The van der Waals surface area contributed by atoms with Crippen molar-refractivity contribution in [1.82, 2.24) is 5.32 Å². The standard InChI is InChI=1S/C18H13ClF3NO7.C14H20ClNO2.C11H11Cl2NO2.C3H8NO5P/c1-2-28-16(24)9-29-17(25)12-8-11(4-5-14(12)23(26)27)30-15-6-3-10(7-13(15)19)18(20,21)22;1-4-12-8-6-7-11(3)14(12)16(10-18-5-2)13(17)9-15;1-7-6-16-9-5-3-2-4-8(9)14(7)11(15)10(12)13;5-3(6)1-4-2-10(7,8)9/h3-8H,2,9H2,1H3;6-8H,4-5,9-10H2,1-3H3;2-5,7,10H,6H2,1H3;4H,1-2H2,(H,5,6)(H2,7,8,9). The van der Waals surface area contributed by atoms with Gasteiger partial charge in [0.2, 0.25) is 5.91 Å². The Morgan fingerprint density at radius 3 is 2.22 bits per heavy atom. The summed E-state index contributed by atoms with van der Waals surface area (Å²) in [5.41, 5.74) is 1.68. The summed E-state index contributed by atoms with van der Waals surface area (Å²) in [5, 5.41) is 20.9. The van der Waals surface area contributed by atoms with Crippen molar-refractivity contribution in [2.45, 2.75) is 58.1 Å². The molecular formula is C46H52Cl4F3N4O16P. The first-order valence-electron chi connectivity index (χ1n) is 21.7. The van der Waals surface area contributed by atoms with Crippen LogP contribution in [0.5, 0.6) is 17.2 Å². The molecule has 5 rings (SSSR count). The predicted octanol–water partition coefficient (Wildman–Crippen LogP) is 9.30. The van der Waals surface area contributed by atoms with Gasteiger partial charge in [-0.05, 0) is 81.6 Å². The number of anilines is 2. The van der Waals surface area contributed by atoms with Gasteiger partial charge in [0.05, 0.1) is 52.4 Å². The number of aryl methyl sites for hydroxylation is 2. The third-order valence-corrected chi connectivity index (χ3v) is 10.9. The number of carboxylic acid groups (broad SMARTS) is 1. The van der Waals surface area contributed by atoms with E-state index in [2.05, 4.69) is 17.0 Å². The average Bonchev–Trinajstić information content (AvgIpc) is 3.33. The van der Waals surface area contributed by atoms with Crippen molar-refractivity contribution < 1.29 is 85.2 Å². The minimum atomic E-state index is -4.61. The zero-order valence-corrected chi connectivity index (χ0v) is 44.0. The van der Waals surface area contributed by atoms with E-state index in [-0.39, 0.29) is 53.6 Å². The fourth-order valence-corrected chi connectivity index (χ4v) is 7.13. The van der Waals surface area contributed by atoms with Crippen molar-refractivity contribution in [2.75, 3.05) is 61.7 Å². The smallest absolute Gasteiger partial charge is 0.416 e. The van der Waals surface area contributed by atoms with Crippen LogP contribution in [0.3, 0.4) is 0 Å². The molecule has 4 N–H and O–H groups in total. The van der Waals surface area contributed by atoms with E-state index in [4.69, 9.17) is 80.2 Å². The number of para-hydroxylation sites is 3. The fraction of sp³-hybridized carbons (Fsp3) is 0.370. The van der Waals surface area contributed by atoms with Crippen molar-refractivity contribution in [3.05, 3.63) is 116 Å². The van der Waals surface area contributed by atoms with Crippen LogP contribution in [-0.4, -0.2) is 112 Å². The fourth-order valence-electron chi connectivity index (χ4n) is 6.15. The largest absolute Gasteiger partial charge is 0.489 e. The number of hydrogen-bond donors (Lipinski definition) is 4. The quantitative estimate of drug-likeness (QED) is 0.0180. The van der Waals surface area contributed by atoms with Crippen LogP contribution in [0, 0.1) is 17.0 Å². The number of aliphatic carboxylic acids is 1. The minimum Gasteiger partial charge on any atom is -0.489 e. The Balaban J connectivity index is 0.000000365. The monoisotopic (exact) mass is 1140 g/mol. The molecule has 0 saturated carbocycles. The minimum absolute atomic E-state index is 0.0371. The SMILES string of the molecule is CC1COc2ccccc2N1C(=O)C(Cl)Cl.CCOC(=O)COC(=O)c1cc(Oc2ccc(C(F)(F)F)cc2Cl)ccc1[N+](=O)[O-].CCOCN(C(=O)CCl)c1c(C)cccc1CC.O=C(O)CNCP(=O)(O)O. The van der Waals surface area contributed by atoms with Crippen LogP contribution in [0.15, 0.2) is 78.9 Å². The number of hydrogen-bond acceptors (Lipinski definition) is 14. The van der Waals surface area contributed by atoms with Gasteiger partial charge in [-0.15, -0.1) is 11.6 Å².